The van der Waals surface area contributed by atoms with E-state index in [0.717, 1.165) is 19.1 Å². The Kier molecular flexibility index (Phi) is 5.55. The first-order valence-electron chi connectivity index (χ1n) is 6.06. The van der Waals surface area contributed by atoms with Crippen LogP contribution in [-0.4, -0.2) is 54.4 Å². The standard InChI is InChI=1S/C11H23N3O2/c1-3-14(10-4-5-10)7-6-12-11(16)13-9(2)8-15/h9-10,15H,3-8H2,1-2H3,(H2,12,13,16). The summed E-state index contributed by atoms with van der Waals surface area (Å²) in [7, 11) is 0. The fourth-order valence-electron chi connectivity index (χ4n) is 1.67. The molecule has 1 atom stereocenters. The van der Waals surface area contributed by atoms with Crippen molar-refractivity contribution in [2.24, 2.45) is 0 Å². The lowest BCUT2D eigenvalue weighted by Gasteiger charge is -2.20. The highest BCUT2D eigenvalue weighted by Crippen LogP contribution is 2.25. The van der Waals surface area contributed by atoms with Gasteiger partial charge in [0, 0.05) is 19.1 Å². The number of aliphatic hydroxyl groups is 1. The Balaban J connectivity index is 2.07. The van der Waals surface area contributed by atoms with Gasteiger partial charge in [-0.15, -0.1) is 0 Å². The van der Waals surface area contributed by atoms with Gasteiger partial charge in [0.15, 0.2) is 0 Å². The van der Waals surface area contributed by atoms with Crippen molar-refractivity contribution in [1.29, 1.82) is 0 Å². The Morgan fingerprint density at radius 1 is 1.56 bits per heavy atom. The number of urea groups is 1. The van der Waals surface area contributed by atoms with Gasteiger partial charge in [0.05, 0.1) is 12.6 Å². The van der Waals surface area contributed by atoms with Gasteiger partial charge in [-0.1, -0.05) is 6.92 Å². The summed E-state index contributed by atoms with van der Waals surface area (Å²) in [5, 5.41) is 14.2. The molecule has 0 aliphatic heterocycles. The Morgan fingerprint density at radius 2 is 2.25 bits per heavy atom. The van der Waals surface area contributed by atoms with E-state index in [9.17, 15) is 4.79 Å². The van der Waals surface area contributed by atoms with Crippen molar-refractivity contribution in [3.63, 3.8) is 0 Å². The van der Waals surface area contributed by atoms with Crippen LogP contribution in [0.25, 0.3) is 0 Å². The number of nitrogens with one attached hydrogen (secondary N) is 2. The third-order valence-corrected chi connectivity index (χ3v) is 2.81. The molecule has 1 fully saturated rings. The van der Waals surface area contributed by atoms with Crippen molar-refractivity contribution < 1.29 is 9.90 Å². The molecular weight excluding hydrogens is 206 g/mol. The highest BCUT2D eigenvalue weighted by Gasteiger charge is 2.27. The number of nitrogens with zero attached hydrogens (tertiary/aromatic N) is 1. The molecule has 1 unspecified atom stereocenters. The molecular formula is C11H23N3O2. The number of carbonyl (C=O) groups is 1. The Hall–Kier alpha value is -0.810. The summed E-state index contributed by atoms with van der Waals surface area (Å²) in [5.74, 6) is 0. The van der Waals surface area contributed by atoms with Crippen molar-refractivity contribution >= 4 is 6.03 Å². The SMILES string of the molecule is CCN(CCNC(=O)NC(C)CO)C1CC1. The second kappa shape index (κ2) is 6.70. The molecule has 0 aromatic carbocycles. The van der Waals surface area contributed by atoms with Gasteiger partial charge in [0.25, 0.3) is 0 Å². The van der Waals surface area contributed by atoms with E-state index >= 15 is 0 Å². The lowest BCUT2D eigenvalue weighted by Crippen LogP contribution is -2.45. The molecule has 16 heavy (non-hydrogen) atoms. The lowest BCUT2D eigenvalue weighted by molar-refractivity contribution is 0.217. The molecule has 94 valence electrons. The van der Waals surface area contributed by atoms with E-state index in [1.54, 1.807) is 6.92 Å². The van der Waals surface area contributed by atoms with E-state index in [4.69, 9.17) is 5.11 Å². The number of likely N-dealkylation sites (N-methyl/N-ethyl adjacent to an activating group) is 1. The minimum Gasteiger partial charge on any atom is -0.394 e. The van der Waals surface area contributed by atoms with Crippen molar-refractivity contribution in [3.05, 3.63) is 0 Å². The highest BCUT2D eigenvalue weighted by atomic mass is 16.3. The van der Waals surface area contributed by atoms with E-state index < -0.39 is 0 Å². The summed E-state index contributed by atoms with van der Waals surface area (Å²) >= 11 is 0. The monoisotopic (exact) mass is 229 g/mol. The van der Waals surface area contributed by atoms with Gasteiger partial charge >= 0.3 is 6.03 Å². The van der Waals surface area contributed by atoms with E-state index in [1.807, 2.05) is 0 Å². The zero-order valence-electron chi connectivity index (χ0n) is 10.2. The van der Waals surface area contributed by atoms with E-state index in [-0.39, 0.29) is 18.7 Å². The third kappa shape index (κ3) is 4.81. The Labute approximate surface area is 97.2 Å². The first-order valence-corrected chi connectivity index (χ1v) is 6.06. The Morgan fingerprint density at radius 3 is 2.75 bits per heavy atom. The highest BCUT2D eigenvalue weighted by molar-refractivity contribution is 5.74. The maximum absolute atomic E-state index is 11.3. The lowest BCUT2D eigenvalue weighted by atomic mass is 10.4. The van der Waals surface area contributed by atoms with Crippen molar-refractivity contribution in [1.82, 2.24) is 15.5 Å². The van der Waals surface area contributed by atoms with Gasteiger partial charge in [-0.2, -0.15) is 0 Å². The van der Waals surface area contributed by atoms with Crippen LogP contribution in [0.3, 0.4) is 0 Å². The van der Waals surface area contributed by atoms with E-state index in [1.165, 1.54) is 12.8 Å². The molecule has 0 saturated heterocycles. The molecule has 0 aromatic heterocycles. The van der Waals surface area contributed by atoms with E-state index in [2.05, 4.69) is 22.5 Å². The van der Waals surface area contributed by atoms with Crippen molar-refractivity contribution in [2.75, 3.05) is 26.2 Å². The second-order valence-corrected chi connectivity index (χ2v) is 4.34. The minimum absolute atomic E-state index is 0.0312. The molecule has 0 spiro atoms. The summed E-state index contributed by atoms with van der Waals surface area (Å²) < 4.78 is 0. The smallest absolute Gasteiger partial charge is 0.315 e. The molecule has 0 bridgehead atoms. The molecule has 2 amide bonds. The molecule has 0 aromatic rings. The molecule has 5 heteroatoms. The zero-order valence-corrected chi connectivity index (χ0v) is 10.2. The normalized spacial score (nSPS) is 17.2. The predicted molar refractivity (Wildman–Crippen MR) is 63.4 cm³/mol. The molecule has 1 saturated carbocycles. The molecule has 5 nitrogen and oxygen atoms in total. The first-order chi connectivity index (χ1) is 7.67. The summed E-state index contributed by atoms with van der Waals surface area (Å²) in [6.45, 7) is 6.49. The average Bonchev–Trinajstić information content (AvgIpc) is 3.08. The van der Waals surface area contributed by atoms with Gasteiger partial charge < -0.3 is 15.7 Å². The number of amides is 2. The van der Waals surface area contributed by atoms with Crippen LogP contribution in [0.15, 0.2) is 0 Å². The van der Waals surface area contributed by atoms with Crippen molar-refractivity contribution in [2.45, 2.75) is 38.8 Å². The quantitative estimate of drug-likeness (QED) is 0.582. The number of aliphatic hydroxyl groups excluding tert-OH is 1. The van der Waals surface area contributed by atoms with Crippen LogP contribution in [0.5, 0.6) is 0 Å². The summed E-state index contributed by atoms with van der Waals surface area (Å²) in [6, 6.07) is 0.352. The zero-order chi connectivity index (χ0) is 12.0. The van der Waals surface area contributed by atoms with Crippen LogP contribution >= 0.6 is 0 Å². The van der Waals surface area contributed by atoms with Crippen LogP contribution in [0.4, 0.5) is 4.79 Å². The largest absolute Gasteiger partial charge is 0.394 e. The summed E-state index contributed by atoms with van der Waals surface area (Å²) in [6.07, 6.45) is 2.59. The molecule has 1 aliphatic carbocycles. The molecule has 3 N–H and O–H groups in total. The van der Waals surface area contributed by atoms with Crippen LogP contribution in [0.2, 0.25) is 0 Å². The second-order valence-electron chi connectivity index (χ2n) is 4.34. The number of hydrogen-bond donors (Lipinski definition) is 3. The van der Waals surface area contributed by atoms with Gasteiger partial charge in [0.2, 0.25) is 0 Å². The average molecular weight is 229 g/mol. The first kappa shape index (κ1) is 13.3. The molecule has 1 rings (SSSR count). The van der Waals surface area contributed by atoms with E-state index in [0.29, 0.717) is 6.54 Å². The maximum Gasteiger partial charge on any atom is 0.315 e. The summed E-state index contributed by atoms with van der Waals surface area (Å²) in [4.78, 5) is 13.7. The molecule has 1 aliphatic rings. The minimum atomic E-state index is -0.201. The van der Waals surface area contributed by atoms with Crippen LogP contribution in [-0.2, 0) is 0 Å². The topological polar surface area (TPSA) is 64.6 Å². The van der Waals surface area contributed by atoms with Gasteiger partial charge in [-0.25, -0.2) is 4.79 Å². The predicted octanol–water partition coefficient (Wildman–Crippen LogP) is 0.151. The number of rotatable bonds is 7. The fraction of sp³-hybridized carbons (Fsp3) is 0.909. The fourth-order valence-corrected chi connectivity index (χ4v) is 1.67. The van der Waals surface area contributed by atoms with Gasteiger partial charge in [-0.3, -0.25) is 4.90 Å². The van der Waals surface area contributed by atoms with Crippen LogP contribution < -0.4 is 10.6 Å². The van der Waals surface area contributed by atoms with Gasteiger partial charge in [-0.05, 0) is 26.3 Å². The van der Waals surface area contributed by atoms with Crippen LogP contribution in [0.1, 0.15) is 26.7 Å². The molecule has 0 heterocycles. The molecule has 0 radical (unpaired) electrons. The maximum atomic E-state index is 11.3. The van der Waals surface area contributed by atoms with Gasteiger partial charge in [0.1, 0.15) is 0 Å². The number of hydrogen-bond acceptors (Lipinski definition) is 3. The van der Waals surface area contributed by atoms with Crippen LogP contribution in [0, 0.1) is 0 Å². The number of carbonyl (C=O) groups excluding carboxylic acids is 1. The Bertz CT molecular complexity index is 219. The third-order valence-electron chi connectivity index (χ3n) is 2.81. The summed E-state index contributed by atoms with van der Waals surface area (Å²) in [5.41, 5.74) is 0. The van der Waals surface area contributed by atoms with Crippen molar-refractivity contribution in [3.8, 4) is 0 Å².